The lowest BCUT2D eigenvalue weighted by atomic mass is 10.1. The first-order valence-corrected chi connectivity index (χ1v) is 8.45. The highest BCUT2D eigenvalue weighted by Crippen LogP contribution is 2.28. The highest BCUT2D eigenvalue weighted by Gasteiger charge is 2.25. The number of nitrogen functional groups attached to an aromatic ring is 1. The number of nitrogens with two attached hydrogens (primary N) is 1. The third-order valence-electron chi connectivity index (χ3n) is 4.33. The van der Waals surface area contributed by atoms with Crippen LogP contribution < -0.4 is 11.3 Å². The maximum absolute atomic E-state index is 5.67. The van der Waals surface area contributed by atoms with Crippen molar-refractivity contribution in [1.29, 1.82) is 0 Å². The minimum absolute atomic E-state index is 0.570. The molecule has 1 aliphatic heterocycles. The third-order valence-corrected chi connectivity index (χ3v) is 5.67. The third kappa shape index (κ3) is 3.00. The topological polar surface area (TPSA) is 54.2 Å². The Labute approximate surface area is 130 Å². The monoisotopic (exact) mass is 302 g/mol. The van der Waals surface area contributed by atoms with Gasteiger partial charge in [-0.2, -0.15) is 11.8 Å². The minimum atomic E-state index is 0.570. The summed E-state index contributed by atoms with van der Waals surface area (Å²) in [5, 5.41) is 1.83. The molecule has 2 aromatic rings. The van der Waals surface area contributed by atoms with Crippen molar-refractivity contribution in [1.82, 2.24) is 9.88 Å². The van der Waals surface area contributed by atoms with E-state index in [-0.39, 0.29) is 0 Å². The number of fused-ring (bicyclic) bond motifs is 1. The second-order valence-corrected chi connectivity index (χ2v) is 7.11. The molecule has 3 rings (SSSR count). The molecular weight excluding hydrogens is 280 g/mol. The molecule has 2 unspecified atom stereocenters. The van der Waals surface area contributed by atoms with Crippen LogP contribution in [0.3, 0.4) is 0 Å². The highest BCUT2D eigenvalue weighted by molar-refractivity contribution is 8.00. The summed E-state index contributed by atoms with van der Waals surface area (Å²) < 4.78 is 0. The number of pyridine rings is 1. The van der Waals surface area contributed by atoms with Gasteiger partial charge in [0.2, 0.25) is 0 Å². The predicted molar refractivity (Wildman–Crippen MR) is 91.3 cm³/mol. The summed E-state index contributed by atoms with van der Waals surface area (Å²) in [4.78, 5) is 7.16. The summed E-state index contributed by atoms with van der Waals surface area (Å²) in [5.41, 5.74) is 4.91. The molecule has 1 saturated heterocycles. The SMILES string of the molecule is CC1SCCN(Cc2cc3ccccc3nc2NN)C1C. The first-order valence-electron chi connectivity index (χ1n) is 7.40. The van der Waals surface area contributed by atoms with Crippen molar-refractivity contribution in [3.05, 3.63) is 35.9 Å². The lowest BCUT2D eigenvalue weighted by Gasteiger charge is -2.37. The smallest absolute Gasteiger partial charge is 0.145 e. The standard InChI is InChI=1S/C16H22N4S/c1-11-12(2)21-8-7-20(11)10-14-9-13-5-3-4-6-15(13)18-16(14)19-17/h3-6,9,11-12H,7-8,10,17H2,1-2H3,(H,18,19). The fourth-order valence-corrected chi connectivity index (χ4v) is 4.01. The molecular formula is C16H22N4S. The number of nitrogens with one attached hydrogen (secondary N) is 1. The van der Waals surface area contributed by atoms with Crippen LogP contribution in [0.15, 0.2) is 30.3 Å². The van der Waals surface area contributed by atoms with E-state index in [4.69, 9.17) is 5.84 Å². The van der Waals surface area contributed by atoms with Gasteiger partial charge in [-0.15, -0.1) is 0 Å². The van der Waals surface area contributed by atoms with E-state index < -0.39 is 0 Å². The molecule has 1 aromatic carbocycles. The van der Waals surface area contributed by atoms with E-state index in [1.807, 2.05) is 18.2 Å². The van der Waals surface area contributed by atoms with Gasteiger partial charge < -0.3 is 5.43 Å². The lowest BCUT2D eigenvalue weighted by molar-refractivity contribution is 0.204. The summed E-state index contributed by atoms with van der Waals surface area (Å²) >= 11 is 2.06. The molecule has 1 fully saturated rings. The van der Waals surface area contributed by atoms with Gasteiger partial charge >= 0.3 is 0 Å². The number of aromatic nitrogens is 1. The van der Waals surface area contributed by atoms with Crippen LogP contribution in [0.2, 0.25) is 0 Å². The Kier molecular flexibility index (Phi) is 4.33. The Morgan fingerprint density at radius 1 is 1.38 bits per heavy atom. The number of nitrogens with zero attached hydrogens (tertiary/aromatic N) is 2. The van der Waals surface area contributed by atoms with Gasteiger partial charge in [-0.3, -0.25) is 4.90 Å². The van der Waals surface area contributed by atoms with Gasteiger partial charge in [0, 0.05) is 41.1 Å². The largest absolute Gasteiger partial charge is 0.308 e. The van der Waals surface area contributed by atoms with Gasteiger partial charge in [0.05, 0.1) is 5.52 Å². The average molecular weight is 302 g/mol. The number of benzene rings is 1. The van der Waals surface area contributed by atoms with Crippen molar-refractivity contribution >= 4 is 28.5 Å². The average Bonchev–Trinajstić information content (AvgIpc) is 2.51. The van der Waals surface area contributed by atoms with Crippen molar-refractivity contribution in [2.75, 3.05) is 17.7 Å². The van der Waals surface area contributed by atoms with Gasteiger partial charge in [-0.25, -0.2) is 10.8 Å². The predicted octanol–water partition coefficient (Wildman–Crippen LogP) is 2.85. The highest BCUT2D eigenvalue weighted by atomic mass is 32.2. The number of hydrogen-bond donors (Lipinski definition) is 2. The van der Waals surface area contributed by atoms with Crippen molar-refractivity contribution in [3.63, 3.8) is 0 Å². The summed E-state index contributed by atoms with van der Waals surface area (Å²) in [5.74, 6) is 7.65. The van der Waals surface area contributed by atoms with E-state index in [2.05, 4.69) is 53.1 Å². The van der Waals surface area contributed by atoms with Crippen LogP contribution in [-0.2, 0) is 6.54 Å². The van der Waals surface area contributed by atoms with Crippen LogP contribution in [0.4, 0.5) is 5.82 Å². The van der Waals surface area contributed by atoms with Gasteiger partial charge in [0.15, 0.2) is 0 Å². The molecule has 112 valence electrons. The molecule has 2 atom stereocenters. The number of hydrogen-bond acceptors (Lipinski definition) is 5. The molecule has 0 aliphatic carbocycles. The number of para-hydroxylation sites is 1. The molecule has 4 nitrogen and oxygen atoms in total. The zero-order chi connectivity index (χ0) is 14.8. The Balaban J connectivity index is 1.91. The number of thioether (sulfide) groups is 1. The Morgan fingerprint density at radius 3 is 3.00 bits per heavy atom. The molecule has 0 radical (unpaired) electrons. The maximum atomic E-state index is 5.67. The lowest BCUT2D eigenvalue weighted by Crippen LogP contribution is -2.44. The van der Waals surface area contributed by atoms with Crippen LogP contribution in [0.5, 0.6) is 0 Å². The molecule has 0 spiro atoms. The molecule has 0 bridgehead atoms. The quantitative estimate of drug-likeness (QED) is 0.674. The molecule has 2 heterocycles. The Bertz CT molecular complexity index is 631. The van der Waals surface area contributed by atoms with Gasteiger partial charge in [-0.1, -0.05) is 25.1 Å². The minimum Gasteiger partial charge on any atom is -0.308 e. The number of anilines is 1. The number of rotatable bonds is 3. The molecule has 21 heavy (non-hydrogen) atoms. The summed E-state index contributed by atoms with van der Waals surface area (Å²) in [6, 6.07) is 10.9. The van der Waals surface area contributed by atoms with Crippen LogP contribution in [0.1, 0.15) is 19.4 Å². The molecule has 1 aromatic heterocycles. The van der Waals surface area contributed by atoms with Crippen LogP contribution in [-0.4, -0.2) is 33.5 Å². The zero-order valence-corrected chi connectivity index (χ0v) is 13.4. The second kappa shape index (κ2) is 6.22. The summed E-state index contributed by atoms with van der Waals surface area (Å²) in [7, 11) is 0. The Morgan fingerprint density at radius 2 is 2.19 bits per heavy atom. The van der Waals surface area contributed by atoms with Crippen molar-refractivity contribution < 1.29 is 0 Å². The van der Waals surface area contributed by atoms with Crippen LogP contribution in [0.25, 0.3) is 10.9 Å². The number of hydrazine groups is 1. The van der Waals surface area contributed by atoms with Crippen molar-refractivity contribution in [2.24, 2.45) is 5.84 Å². The first kappa shape index (κ1) is 14.6. The molecule has 0 amide bonds. The summed E-state index contributed by atoms with van der Waals surface area (Å²) in [6.07, 6.45) is 0. The molecule has 1 aliphatic rings. The van der Waals surface area contributed by atoms with E-state index in [1.165, 1.54) is 16.7 Å². The van der Waals surface area contributed by atoms with Crippen molar-refractivity contribution in [2.45, 2.75) is 31.7 Å². The molecule has 0 saturated carbocycles. The summed E-state index contributed by atoms with van der Waals surface area (Å²) in [6.45, 7) is 6.62. The van der Waals surface area contributed by atoms with Crippen LogP contribution >= 0.6 is 11.8 Å². The van der Waals surface area contributed by atoms with Gasteiger partial charge in [0.25, 0.3) is 0 Å². The van der Waals surface area contributed by atoms with Crippen LogP contribution in [0, 0.1) is 0 Å². The van der Waals surface area contributed by atoms with E-state index in [0.29, 0.717) is 11.3 Å². The van der Waals surface area contributed by atoms with Gasteiger partial charge in [0.1, 0.15) is 5.82 Å². The van der Waals surface area contributed by atoms with Gasteiger partial charge in [-0.05, 0) is 19.1 Å². The maximum Gasteiger partial charge on any atom is 0.145 e. The normalized spacial score (nSPS) is 23.4. The molecule has 3 N–H and O–H groups in total. The van der Waals surface area contributed by atoms with E-state index in [1.54, 1.807) is 0 Å². The molecule has 5 heteroatoms. The fraction of sp³-hybridized carbons (Fsp3) is 0.438. The van der Waals surface area contributed by atoms with E-state index >= 15 is 0 Å². The fourth-order valence-electron chi connectivity index (χ4n) is 2.84. The second-order valence-electron chi connectivity index (χ2n) is 5.62. The Hall–Kier alpha value is -1.30. The van der Waals surface area contributed by atoms with E-state index in [0.717, 1.165) is 24.4 Å². The van der Waals surface area contributed by atoms with Crippen molar-refractivity contribution in [3.8, 4) is 0 Å². The first-order chi connectivity index (χ1) is 10.2. The zero-order valence-electron chi connectivity index (χ0n) is 12.5. The van der Waals surface area contributed by atoms with E-state index in [9.17, 15) is 0 Å².